The van der Waals surface area contributed by atoms with Crippen LogP contribution < -0.4 is 0 Å². The molecule has 0 bridgehead atoms. The predicted molar refractivity (Wildman–Crippen MR) is 186 cm³/mol. The first-order valence-corrected chi connectivity index (χ1v) is 15.2. The molecule has 6 aromatic carbocycles. The highest BCUT2D eigenvalue weighted by molar-refractivity contribution is 6.22. The molecular formula is C42H30N2. The molecule has 2 nitrogen and oxygen atoms in total. The minimum atomic E-state index is 0.338. The minimum Gasteiger partial charge on any atom is -0.269 e. The number of nitrogens with zero attached hydrogens (tertiary/aromatic N) is 2. The largest absolute Gasteiger partial charge is 0.269 e. The Hall–Kier alpha value is -5.60. The van der Waals surface area contributed by atoms with Crippen molar-refractivity contribution in [1.29, 1.82) is 0 Å². The summed E-state index contributed by atoms with van der Waals surface area (Å²) in [5.74, 6) is 0.338. The molecule has 0 spiro atoms. The van der Waals surface area contributed by atoms with Crippen molar-refractivity contribution in [2.75, 3.05) is 0 Å². The van der Waals surface area contributed by atoms with Gasteiger partial charge in [-0.25, -0.2) is 0 Å². The molecule has 1 unspecified atom stereocenters. The van der Waals surface area contributed by atoms with E-state index in [0.29, 0.717) is 5.92 Å². The highest BCUT2D eigenvalue weighted by atomic mass is 14.7. The van der Waals surface area contributed by atoms with Crippen molar-refractivity contribution in [2.45, 2.75) is 12.3 Å². The summed E-state index contributed by atoms with van der Waals surface area (Å²) >= 11 is 0. The molecule has 0 aliphatic carbocycles. The van der Waals surface area contributed by atoms with E-state index >= 15 is 0 Å². The number of hydrogen-bond acceptors (Lipinski definition) is 2. The average molecular weight is 563 g/mol. The molecular weight excluding hydrogens is 532 g/mol. The summed E-state index contributed by atoms with van der Waals surface area (Å²) in [6, 6.07) is 48.7. The van der Waals surface area contributed by atoms with Crippen molar-refractivity contribution in [2.24, 2.45) is 4.99 Å². The van der Waals surface area contributed by atoms with E-state index in [1.165, 1.54) is 66.1 Å². The Morgan fingerprint density at radius 2 is 1.07 bits per heavy atom. The molecule has 0 saturated carbocycles. The average Bonchev–Trinajstić information content (AvgIpc) is 3.11. The zero-order valence-electron chi connectivity index (χ0n) is 24.3. The summed E-state index contributed by atoms with van der Waals surface area (Å²) in [4.78, 5) is 8.54. The maximum atomic E-state index is 4.30. The summed E-state index contributed by atoms with van der Waals surface area (Å²) < 4.78 is 0. The Kier molecular flexibility index (Phi) is 6.66. The van der Waals surface area contributed by atoms with Crippen molar-refractivity contribution in [3.05, 3.63) is 164 Å². The fraction of sp³-hybridized carbons (Fsp3) is 0.0476. The number of hydrogen-bond donors (Lipinski definition) is 0. The second-order valence-corrected chi connectivity index (χ2v) is 11.4. The quantitative estimate of drug-likeness (QED) is 0.192. The van der Waals surface area contributed by atoms with Crippen LogP contribution in [0.1, 0.15) is 17.9 Å². The van der Waals surface area contributed by atoms with E-state index in [1.54, 1.807) is 0 Å². The van der Waals surface area contributed by atoms with E-state index in [2.05, 4.69) is 150 Å². The van der Waals surface area contributed by atoms with E-state index in [4.69, 9.17) is 0 Å². The Morgan fingerprint density at radius 1 is 0.455 bits per heavy atom. The molecule has 1 aliphatic rings. The van der Waals surface area contributed by atoms with Gasteiger partial charge in [-0.3, -0.25) is 9.98 Å². The molecule has 0 saturated heterocycles. The van der Waals surface area contributed by atoms with Crippen LogP contribution in [0, 0.1) is 0 Å². The lowest BCUT2D eigenvalue weighted by Crippen LogP contribution is -1.99. The third-order valence-corrected chi connectivity index (χ3v) is 8.77. The van der Waals surface area contributed by atoms with Gasteiger partial charge < -0.3 is 0 Å². The second-order valence-electron chi connectivity index (χ2n) is 11.4. The first kappa shape index (κ1) is 26.1. The summed E-state index contributed by atoms with van der Waals surface area (Å²) in [6.07, 6.45) is 10.8. The van der Waals surface area contributed by atoms with E-state index in [9.17, 15) is 0 Å². The number of aliphatic imine (C=N–C) groups is 1. The molecule has 7 aromatic rings. The highest BCUT2D eigenvalue weighted by Gasteiger charge is 2.19. The van der Waals surface area contributed by atoms with Gasteiger partial charge in [-0.15, -0.1) is 0 Å². The van der Waals surface area contributed by atoms with Gasteiger partial charge in [0, 0.05) is 30.7 Å². The zero-order valence-corrected chi connectivity index (χ0v) is 24.3. The van der Waals surface area contributed by atoms with Crippen LogP contribution >= 0.6 is 0 Å². The van der Waals surface area contributed by atoms with Gasteiger partial charge in [0.2, 0.25) is 0 Å². The lowest BCUT2D eigenvalue weighted by atomic mass is 9.83. The lowest BCUT2D eigenvalue weighted by Gasteiger charge is -2.20. The summed E-state index contributed by atoms with van der Waals surface area (Å²) in [5, 5.41) is 5.02. The van der Waals surface area contributed by atoms with Crippen LogP contribution in [0.5, 0.6) is 0 Å². The van der Waals surface area contributed by atoms with Crippen molar-refractivity contribution in [1.82, 2.24) is 4.98 Å². The van der Waals surface area contributed by atoms with Gasteiger partial charge in [0.25, 0.3) is 0 Å². The van der Waals surface area contributed by atoms with Crippen molar-refractivity contribution < 1.29 is 0 Å². The Balaban J connectivity index is 1.43. The molecule has 44 heavy (non-hydrogen) atoms. The van der Waals surface area contributed by atoms with Crippen molar-refractivity contribution in [3.8, 4) is 44.5 Å². The van der Waals surface area contributed by atoms with Crippen LogP contribution in [0.2, 0.25) is 0 Å². The molecule has 0 N–H and O–H groups in total. The number of allylic oxidation sites excluding steroid dienone is 1. The van der Waals surface area contributed by atoms with Gasteiger partial charge in [0.05, 0.1) is 0 Å². The van der Waals surface area contributed by atoms with Gasteiger partial charge in [0.1, 0.15) is 0 Å². The molecule has 0 radical (unpaired) electrons. The Labute approximate surface area is 257 Å². The van der Waals surface area contributed by atoms with Gasteiger partial charge in [0.15, 0.2) is 0 Å². The maximum absolute atomic E-state index is 4.30. The third-order valence-electron chi connectivity index (χ3n) is 8.77. The number of fused-ring (bicyclic) bond motifs is 2. The van der Waals surface area contributed by atoms with Crippen molar-refractivity contribution >= 4 is 27.8 Å². The standard InChI is InChI=1S/C42H30N2/c1-2-8-29(9-3-1)34-16-17-39-40(28-34)42(36-13-7-11-33(27-36)31-20-24-44-25-21-31)38-15-5-4-14-37(38)41(39)35-12-6-10-32(26-35)30-18-22-43-23-19-30/h1-18,20-28,30H,19H2. The molecule has 1 aromatic heterocycles. The Morgan fingerprint density at radius 3 is 1.84 bits per heavy atom. The van der Waals surface area contributed by atoms with Crippen LogP contribution in [-0.4, -0.2) is 11.2 Å². The molecule has 0 fully saturated rings. The van der Waals surface area contributed by atoms with Gasteiger partial charge in [-0.2, -0.15) is 0 Å². The first-order chi connectivity index (χ1) is 21.8. The molecule has 0 amide bonds. The minimum absolute atomic E-state index is 0.338. The normalized spacial score (nSPS) is 14.3. The fourth-order valence-electron chi connectivity index (χ4n) is 6.65. The summed E-state index contributed by atoms with van der Waals surface area (Å²) in [7, 11) is 0. The molecule has 2 heteroatoms. The number of benzene rings is 6. The van der Waals surface area contributed by atoms with E-state index in [1.807, 2.05) is 24.8 Å². The SMILES string of the molecule is C1=CC(c2cccc(-c3c4ccccc4c(-c4cccc(-c5ccncc5)c4)c4cc(-c5ccccc5)ccc34)c2)CC=N1. The molecule has 1 aliphatic heterocycles. The van der Waals surface area contributed by atoms with Crippen LogP contribution in [0.4, 0.5) is 0 Å². The molecule has 208 valence electrons. The monoisotopic (exact) mass is 562 g/mol. The van der Waals surface area contributed by atoms with Crippen molar-refractivity contribution in [3.63, 3.8) is 0 Å². The zero-order chi connectivity index (χ0) is 29.3. The molecule has 8 rings (SSSR count). The third kappa shape index (κ3) is 4.71. The van der Waals surface area contributed by atoms with Crippen LogP contribution in [-0.2, 0) is 0 Å². The lowest BCUT2D eigenvalue weighted by molar-refractivity contribution is 0.888. The predicted octanol–water partition coefficient (Wildman–Crippen LogP) is 11.1. The van der Waals surface area contributed by atoms with E-state index in [-0.39, 0.29) is 0 Å². The number of aromatic nitrogens is 1. The second kappa shape index (κ2) is 11.2. The maximum Gasteiger partial charge on any atom is 0.0273 e. The number of pyridine rings is 1. The molecule has 2 heterocycles. The van der Waals surface area contributed by atoms with Crippen LogP contribution in [0.15, 0.2) is 163 Å². The number of rotatable bonds is 5. The Bertz CT molecular complexity index is 2190. The highest BCUT2D eigenvalue weighted by Crippen LogP contribution is 2.45. The van der Waals surface area contributed by atoms with Gasteiger partial charge in [-0.1, -0.05) is 115 Å². The van der Waals surface area contributed by atoms with E-state index in [0.717, 1.165) is 12.0 Å². The summed E-state index contributed by atoms with van der Waals surface area (Å²) in [5.41, 5.74) is 11.1. The topological polar surface area (TPSA) is 25.2 Å². The molecule has 1 atom stereocenters. The van der Waals surface area contributed by atoms with Crippen LogP contribution in [0.25, 0.3) is 66.1 Å². The summed E-state index contributed by atoms with van der Waals surface area (Å²) in [6.45, 7) is 0. The smallest absolute Gasteiger partial charge is 0.0273 e. The fourth-order valence-corrected chi connectivity index (χ4v) is 6.65. The van der Waals surface area contributed by atoms with E-state index < -0.39 is 0 Å². The van der Waals surface area contributed by atoms with Gasteiger partial charge >= 0.3 is 0 Å². The van der Waals surface area contributed by atoms with Crippen LogP contribution in [0.3, 0.4) is 0 Å². The first-order valence-electron chi connectivity index (χ1n) is 15.2. The van der Waals surface area contributed by atoms with Gasteiger partial charge in [-0.05, 0) is 102 Å².